The van der Waals surface area contributed by atoms with Crippen molar-refractivity contribution in [3.05, 3.63) is 11.8 Å². The predicted molar refractivity (Wildman–Crippen MR) is 67.2 cm³/mol. The van der Waals surface area contributed by atoms with Gasteiger partial charge in [-0.1, -0.05) is 6.92 Å². The summed E-state index contributed by atoms with van der Waals surface area (Å²) in [4.78, 5) is 9.56. The van der Waals surface area contributed by atoms with E-state index in [0.29, 0.717) is 5.82 Å². The van der Waals surface area contributed by atoms with Gasteiger partial charge in [0, 0.05) is 25.7 Å². The Hall–Kier alpha value is -1.53. The number of alkyl halides is 3. The molecule has 1 aliphatic rings. The van der Waals surface area contributed by atoms with Gasteiger partial charge in [-0.2, -0.15) is 18.2 Å². The van der Waals surface area contributed by atoms with Gasteiger partial charge in [0.25, 0.3) is 0 Å². The van der Waals surface area contributed by atoms with E-state index in [-0.39, 0.29) is 12.0 Å². The number of rotatable bonds is 3. The van der Waals surface area contributed by atoms with E-state index in [0.717, 1.165) is 31.9 Å². The van der Waals surface area contributed by atoms with Gasteiger partial charge in [0.1, 0.15) is 5.82 Å². The lowest BCUT2D eigenvalue weighted by Gasteiger charge is -2.25. The zero-order valence-corrected chi connectivity index (χ0v) is 11.0. The highest BCUT2D eigenvalue weighted by Gasteiger charge is 2.35. The molecule has 2 heterocycles. The Bertz CT molecular complexity index is 447. The first-order valence-electron chi connectivity index (χ1n) is 6.36. The molecule has 1 unspecified atom stereocenters. The van der Waals surface area contributed by atoms with Crippen LogP contribution in [-0.4, -0.2) is 29.6 Å². The monoisotopic (exact) mass is 274 g/mol. The van der Waals surface area contributed by atoms with Crippen molar-refractivity contribution in [2.75, 3.05) is 23.8 Å². The van der Waals surface area contributed by atoms with Crippen LogP contribution in [0.2, 0.25) is 0 Å². The lowest BCUT2D eigenvalue weighted by atomic mass is 10.2. The summed E-state index contributed by atoms with van der Waals surface area (Å²) in [5.74, 6) is 0.364. The van der Waals surface area contributed by atoms with Gasteiger partial charge in [0.2, 0.25) is 5.95 Å². The molecule has 106 valence electrons. The van der Waals surface area contributed by atoms with E-state index in [1.54, 1.807) is 0 Å². The van der Waals surface area contributed by atoms with Crippen LogP contribution in [0, 0.1) is 0 Å². The summed E-state index contributed by atoms with van der Waals surface area (Å²) in [6, 6.07) is 1.30. The first-order chi connectivity index (χ1) is 8.95. The summed E-state index contributed by atoms with van der Waals surface area (Å²) in [5.41, 5.74) is -0.899. The van der Waals surface area contributed by atoms with Gasteiger partial charge in [-0.3, -0.25) is 0 Å². The molecule has 0 aromatic carbocycles. The Morgan fingerprint density at radius 3 is 2.74 bits per heavy atom. The number of halogens is 3. The lowest BCUT2D eigenvalue weighted by Crippen LogP contribution is -2.30. The molecule has 2 rings (SSSR count). The molecule has 1 fully saturated rings. The van der Waals surface area contributed by atoms with Crippen molar-refractivity contribution in [3.8, 4) is 0 Å². The Morgan fingerprint density at radius 2 is 2.16 bits per heavy atom. The first-order valence-corrected chi connectivity index (χ1v) is 6.36. The molecular formula is C12H17F3N4. The Balaban J connectivity index is 2.39. The molecule has 1 aromatic heterocycles. The highest BCUT2D eigenvalue weighted by atomic mass is 19.4. The molecule has 0 spiro atoms. The Morgan fingerprint density at radius 1 is 1.42 bits per heavy atom. The number of hydrogen-bond donors (Lipinski definition) is 1. The molecule has 1 aliphatic heterocycles. The van der Waals surface area contributed by atoms with Crippen LogP contribution >= 0.6 is 0 Å². The molecule has 0 bridgehead atoms. The number of anilines is 2. The maximum Gasteiger partial charge on any atom is 0.433 e. The van der Waals surface area contributed by atoms with Gasteiger partial charge in [0.05, 0.1) is 0 Å². The minimum atomic E-state index is -4.45. The summed E-state index contributed by atoms with van der Waals surface area (Å²) in [5, 5.41) is 2.59. The third kappa shape index (κ3) is 2.90. The van der Waals surface area contributed by atoms with Gasteiger partial charge in [-0.05, 0) is 19.3 Å². The number of hydrogen-bond acceptors (Lipinski definition) is 4. The fraction of sp³-hybridized carbons (Fsp3) is 0.667. The van der Waals surface area contributed by atoms with Crippen LogP contribution in [0.5, 0.6) is 0 Å². The van der Waals surface area contributed by atoms with E-state index in [9.17, 15) is 13.2 Å². The van der Waals surface area contributed by atoms with E-state index >= 15 is 0 Å². The minimum Gasteiger partial charge on any atom is -0.357 e. The van der Waals surface area contributed by atoms with Crippen molar-refractivity contribution < 1.29 is 13.2 Å². The molecule has 0 radical (unpaired) electrons. The number of nitrogens with one attached hydrogen (secondary N) is 1. The van der Waals surface area contributed by atoms with E-state index in [1.165, 1.54) is 7.05 Å². The van der Waals surface area contributed by atoms with Gasteiger partial charge in [-0.25, -0.2) is 4.98 Å². The first kappa shape index (κ1) is 13.9. The van der Waals surface area contributed by atoms with E-state index < -0.39 is 11.9 Å². The van der Waals surface area contributed by atoms with Crippen molar-refractivity contribution in [1.29, 1.82) is 0 Å². The molecule has 19 heavy (non-hydrogen) atoms. The second-order valence-corrected chi connectivity index (χ2v) is 4.58. The summed E-state index contributed by atoms with van der Waals surface area (Å²) >= 11 is 0. The van der Waals surface area contributed by atoms with Crippen LogP contribution < -0.4 is 10.2 Å². The fourth-order valence-corrected chi connectivity index (χ4v) is 2.40. The predicted octanol–water partition coefficient (Wildman–Crippen LogP) is 2.92. The van der Waals surface area contributed by atoms with E-state index in [4.69, 9.17) is 0 Å². The van der Waals surface area contributed by atoms with E-state index in [1.807, 2.05) is 11.8 Å². The largest absolute Gasteiger partial charge is 0.433 e. The van der Waals surface area contributed by atoms with Crippen molar-refractivity contribution in [1.82, 2.24) is 9.97 Å². The third-order valence-electron chi connectivity index (χ3n) is 3.37. The zero-order valence-electron chi connectivity index (χ0n) is 11.0. The summed E-state index contributed by atoms with van der Waals surface area (Å²) in [6.45, 7) is 2.78. The molecule has 1 saturated heterocycles. The SMILES string of the molecule is CCC1CCCN1c1cc(C(F)(F)F)nc(NC)n1. The Kier molecular flexibility index (Phi) is 3.82. The standard InChI is InChI=1S/C12H17F3N4/c1-3-8-5-4-6-19(8)10-7-9(12(13,14)15)17-11(16-2)18-10/h7-8H,3-6H2,1-2H3,(H,16,17,18). The molecule has 0 saturated carbocycles. The van der Waals surface area contributed by atoms with Gasteiger partial charge >= 0.3 is 6.18 Å². The molecule has 0 amide bonds. The second-order valence-electron chi connectivity index (χ2n) is 4.58. The number of aromatic nitrogens is 2. The van der Waals surface area contributed by atoms with E-state index in [2.05, 4.69) is 15.3 Å². The van der Waals surface area contributed by atoms with Crippen molar-refractivity contribution in [2.45, 2.75) is 38.4 Å². The van der Waals surface area contributed by atoms with Crippen LogP contribution in [0.3, 0.4) is 0 Å². The lowest BCUT2D eigenvalue weighted by molar-refractivity contribution is -0.141. The summed E-state index contributed by atoms with van der Waals surface area (Å²) in [6.07, 6.45) is -1.57. The second kappa shape index (κ2) is 5.22. The van der Waals surface area contributed by atoms with Crippen LogP contribution in [0.1, 0.15) is 31.9 Å². The fourth-order valence-electron chi connectivity index (χ4n) is 2.40. The van der Waals surface area contributed by atoms with Gasteiger partial charge in [-0.15, -0.1) is 0 Å². The highest BCUT2D eigenvalue weighted by Crippen LogP contribution is 2.33. The van der Waals surface area contributed by atoms with Crippen LogP contribution in [0.25, 0.3) is 0 Å². The average Bonchev–Trinajstić information content (AvgIpc) is 2.85. The minimum absolute atomic E-state index is 0.00609. The molecular weight excluding hydrogens is 257 g/mol. The maximum atomic E-state index is 12.8. The molecule has 1 N–H and O–H groups in total. The van der Waals surface area contributed by atoms with Crippen molar-refractivity contribution in [3.63, 3.8) is 0 Å². The highest BCUT2D eigenvalue weighted by molar-refractivity contribution is 5.47. The summed E-state index contributed by atoms with van der Waals surface area (Å²) < 4.78 is 38.4. The van der Waals surface area contributed by atoms with Crippen molar-refractivity contribution >= 4 is 11.8 Å². The van der Waals surface area contributed by atoms with Crippen LogP contribution in [0.4, 0.5) is 24.9 Å². The third-order valence-corrected chi connectivity index (χ3v) is 3.37. The normalized spacial score (nSPS) is 19.8. The van der Waals surface area contributed by atoms with Crippen LogP contribution in [0.15, 0.2) is 6.07 Å². The smallest absolute Gasteiger partial charge is 0.357 e. The Labute approximate surface area is 110 Å². The molecule has 4 nitrogen and oxygen atoms in total. The zero-order chi connectivity index (χ0) is 14.0. The molecule has 1 aromatic rings. The maximum absolute atomic E-state index is 12.8. The summed E-state index contributed by atoms with van der Waals surface area (Å²) in [7, 11) is 1.51. The molecule has 7 heteroatoms. The topological polar surface area (TPSA) is 41.1 Å². The quantitative estimate of drug-likeness (QED) is 0.920. The van der Waals surface area contributed by atoms with Crippen molar-refractivity contribution in [2.24, 2.45) is 0 Å². The molecule has 1 atom stereocenters. The van der Waals surface area contributed by atoms with Gasteiger partial charge < -0.3 is 10.2 Å². The van der Waals surface area contributed by atoms with Crippen LogP contribution in [-0.2, 0) is 6.18 Å². The average molecular weight is 274 g/mol. The number of nitrogens with zero attached hydrogens (tertiary/aromatic N) is 3. The molecule has 0 aliphatic carbocycles. The van der Waals surface area contributed by atoms with Gasteiger partial charge in [0.15, 0.2) is 5.69 Å².